The molecular formula is C9H16N6O8S. The fourth-order valence-corrected chi connectivity index (χ4v) is 3.91. The number of hydrogen-bond acceptors (Lipinski definition) is 11. The van der Waals surface area contributed by atoms with Gasteiger partial charge in [-0.1, -0.05) is 0 Å². The quantitative estimate of drug-likeness (QED) is 0.173. The number of nitrogens with two attached hydrogens (primary N) is 1. The molecule has 0 aliphatic carbocycles. The molecule has 14 nitrogen and oxygen atoms in total. The van der Waals surface area contributed by atoms with Crippen LogP contribution in [0.3, 0.4) is 0 Å². The van der Waals surface area contributed by atoms with Crippen molar-refractivity contribution in [3.63, 3.8) is 0 Å². The molecule has 2 fully saturated rings. The Bertz CT molecular complexity index is 711. The smallest absolute Gasteiger partial charge is 0.394 e. The Hall–Kier alpha value is -1.75. The van der Waals surface area contributed by atoms with E-state index in [0.29, 0.717) is 5.06 Å². The highest BCUT2D eigenvalue weighted by atomic mass is 32.3. The highest BCUT2D eigenvalue weighted by Crippen LogP contribution is 2.46. The lowest BCUT2D eigenvalue weighted by molar-refractivity contribution is -0.265. The van der Waals surface area contributed by atoms with Gasteiger partial charge in [-0.3, -0.25) is 15.2 Å². The normalized spacial score (nSPS) is 37.8. The van der Waals surface area contributed by atoms with Gasteiger partial charge in [-0.25, -0.2) is 14.2 Å². The Morgan fingerprint density at radius 3 is 2.67 bits per heavy atom. The minimum Gasteiger partial charge on any atom is -0.394 e. The van der Waals surface area contributed by atoms with Crippen LogP contribution in [0.1, 0.15) is 0 Å². The second kappa shape index (κ2) is 4.88. The van der Waals surface area contributed by atoms with Crippen molar-refractivity contribution in [2.75, 3.05) is 13.2 Å². The maximum Gasteiger partial charge on any atom is 0.397 e. The molecule has 0 aromatic rings. The first-order valence-corrected chi connectivity index (χ1v) is 7.99. The van der Waals surface area contributed by atoms with Crippen molar-refractivity contribution in [3.8, 4) is 0 Å². The van der Waals surface area contributed by atoms with E-state index in [-0.39, 0.29) is 5.96 Å². The molecule has 0 radical (unpaired) electrons. The monoisotopic (exact) mass is 368 g/mol. The average molecular weight is 368 g/mol. The summed E-state index contributed by atoms with van der Waals surface area (Å²) in [6.45, 7) is -1.34. The summed E-state index contributed by atoms with van der Waals surface area (Å²) in [5, 5.41) is 51.3. The number of aliphatic hydroxyl groups excluding tert-OH is 1. The van der Waals surface area contributed by atoms with Crippen LogP contribution in [0.4, 0.5) is 0 Å². The van der Waals surface area contributed by atoms with E-state index in [1.54, 1.807) is 0 Å². The number of rotatable bonds is 3. The van der Waals surface area contributed by atoms with E-state index < -0.39 is 59.1 Å². The summed E-state index contributed by atoms with van der Waals surface area (Å²) in [5.41, 5.74) is 3.49. The lowest BCUT2D eigenvalue weighted by Gasteiger charge is -2.52. The van der Waals surface area contributed by atoms with Crippen LogP contribution in [0, 0.1) is 5.41 Å². The topological polar surface area (TPSA) is 225 Å². The van der Waals surface area contributed by atoms with Gasteiger partial charge in [0.05, 0.1) is 13.2 Å². The summed E-state index contributed by atoms with van der Waals surface area (Å²) < 4.78 is 35.1. The molecular weight excluding hydrogens is 352 g/mol. The van der Waals surface area contributed by atoms with Gasteiger partial charge in [-0.05, 0) is 0 Å². The van der Waals surface area contributed by atoms with Gasteiger partial charge in [0.25, 0.3) is 0 Å². The van der Waals surface area contributed by atoms with Gasteiger partial charge in [0.1, 0.15) is 12.1 Å². The highest BCUT2D eigenvalue weighted by Gasteiger charge is 2.75. The van der Waals surface area contributed by atoms with Gasteiger partial charge >= 0.3 is 10.4 Å². The Morgan fingerprint density at radius 2 is 2.12 bits per heavy atom. The molecule has 0 aromatic heterocycles. The zero-order valence-corrected chi connectivity index (χ0v) is 12.8. The number of guanidine groups is 2. The second-order valence-corrected chi connectivity index (χ2v) is 6.67. The molecule has 4 atom stereocenters. The molecule has 0 aromatic carbocycles. The summed E-state index contributed by atoms with van der Waals surface area (Å²) >= 11 is 0. The maximum absolute atomic E-state index is 11.0. The van der Waals surface area contributed by atoms with Crippen LogP contribution in [0.25, 0.3) is 0 Å². The summed E-state index contributed by atoms with van der Waals surface area (Å²) in [7, 11) is -5.06. The van der Waals surface area contributed by atoms with Crippen LogP contribution < -0.4 is 11.1 Å². The van der Waals surface area contributed by atoms with E-state index in [1.165, 1.54) is 0 Å². The number of aliphatic imine (C=N–C) groups is 1. The molecule has 3 rings (SSSR count). The molecule has 24 heavy (non-hydrogen) atoms. The molecule has 136 valence electrons. The van der Waals surface area contributed by atoms with E-state index >= 15 is 0 Å². The average Bonchev–Trinajstić information content (AvgIpc) is 2.89. The van der Waals surface area contributed by atoms with Gasteiger partial charge in [0, 0.05) is 0 Å². The predicted molar refractivity (Wildman–Crippen MR) is 73.8 cm³/mol. The van der Waals surface area contributed by atoms with Crippen molar-refractivity contribution < 1.29 is 37.7 Å². The standard InChI is InChI=1S/C9H16N6O8S/c10-6-12-5-3(2-16)15(19)7(11)14-1-4(23-24(20,21)22)9(17,18)8(5,14)13-6/h3-5,11,16-19H,1-2H2,(H3,10,12,13)(H,20,21,22)/t3-,4+,5+,8?/m1/s1. The number of aliphatic hydroxyl groups is 3. The SMILES string of the molecule is N=C1N(O)[C@H](CO)[C@@H]2N=C(N)NC23N1C[C@H](OS(=O)(=O)O)C3(O)O. The summed E-state index contributed by atoms with van der Waals surface area (Å²) in [4.78, 5) is 4.78. The van der Waals surface area contributed by atoms with Crippen molar-refractivity contribution in [2.24, 2.45) is 10.7 Å². The third kappa shape index (κ3) is 2.00. The Kier molecular flexibility index (Phi) is 3.48. The molecule has 0 bridgehead atoms. The van der Waals surface area contributed by atoms with E-state index in [2.05, 4.69) is 14.5 Å². The number of nitrogens with one attached hydrogen (secondary N) is 2. The number of hydroxylamine groups is 2. The number of nitrogens with zero attached hydrogens (tertiary/aromatic N) is 3. The zero-order valence-electron chi connectivity index (χ0n) is 11.9. The van der Waals surface area contributed by atoms with Crippen molar-refractivity contribution in [3.05, 3.63) is 0 Å². The van der Waals surface area contributed by atoms with Crippen LogP contribution in [0.2, 0.25) is 0 Å². The largest absolute Gasteiger partial charge is 0.397 e. The predicted octanol–water partition coefficient (Wildman–Crippen LogP) is -4.85. The van der Waals surface area contributed by atoms with Crippen molar-refractivity contribution in [2.45, 2.75) is 29.6 Å². The molecule has 0 amide bonds. The minimum atomic E-state index is -5.06. The first-order valence-electron chi connectivity index (χ1n) is 6.62. The molecule has 9 N–H and O–H groups in total. The van der Waals surface area contributed by atoms with Crippen LogP contribution in [0.15, 0.2) is 4.99 Å². The summed E-state index contributed by atoms with van der Waals surface area (Å²) in [6.07, 6.45) is -1.94. The van der Waals surface area contributed by atoms with Crippen molar-refractivity contribution >= 4 is 22.3 Å². The Labute approximate surface area is 135 Å². The van der Waals surface area contributed by atoms with Crippen LogP contribution in [0.5, 0.6) is 0 Å². The minimum absolute atomic E-state index is 0.286. The molecule has 3 aliphatic heterocycles. The van der Waals surface area contributed by atoms with E-state index in [0.717, 1.165) is 4.90 Å². The van der Waals surface area contributed by atoms with Gasteiger partial charge in [-0.2, -0.15) is 8.42 Å². The van der Waals surface area contributed by atoms with Gasteiger partial charge in [0.15, 0.2) is 17.7 Å². The summed E-state index contributed by atoms with van der Waals surface area (Å²) in [5.74, 6) is -3.98. The lowest BCUT2D eigenvalue weighted by Crippen LogP contribution is -2.80. The molecule has 3 heterocycles. The zero-order chi connectivity index (χ0) is 18.1. The Balaban J connectivity index is 2.13. The maximum atomic E-state index is 11.0. The van der Waals surface area contributed by atoms with Crippen molar-refractivity contribution in [1.82, 2.24) is 15.3 Å². The van der Waals surface area contributed by atoms with E-state index in [9.17, 15) is 28.9 Å². The third-order valence-electron chi connectivity index (χ3n) is 4.39. The van der Waals surface area contributed by atoms with E-state index in [4.69, 9.17) is 15.7 Å². The van der Waals surface area contributed by atoms with Gasteiger partial charge in [-0.15, -0.1) is 0 Å². The van der Waals surface area contributed by atoms with Crippen molar-refractivity contribution in [1.29, 1.82) is 5.41 Å². The van der Waals surface area contributed by atoms with Crippen LogP contribution in [-0.2, 0) is 14.6 Å². The second-order valence-electron chi connectivity index (χ2n) is 5.62. The van der Waals surface area contributed by atoms with Crippen LogP contribution in [-0.4, -0.2) is 98.2 Å². The molecule has 1 unspecified atom stereocenters. The van der Waals surface area contributed by atoms with Gasteiger partial charge < -0.3 is 31.3 Å². The first kappa shape index (κ1) is 17.1. The first-order chi connectivity index (χ1) is 11.0. The fraction of sp³-hybridized carbons (Fsp3) is 0.778. The molecule has 3 aliphatic rings. The highest BCUT2D eigenvalue weighted by molar-refractivity contribution is 7.80. The van der Waals surface area contributed by atoms with E-state index in [1.807, 2.05) is 0 Å². The molecule has 0 saturated carbocycles. The molecule has 1 spiro atoms. The molecule has 2 saturated heterocycles. The molecule has 15 heteroatoms. The lowest BCUT2D eigenvalue weighted by atomic mass is 9.85. The van der Waals surface area contributed by atoms with Gasteiger partial charge in [0.2, 0.25) is 11.7 Å². The summed E-state index contributed by atoms with van der Waals surface area (Å²) in [6, 6.07) is -2.57. The fourth-order valence-electron chi connectivity index (χ4n) is 3.42. The van der Waals surface area contributed by atoms with Crippen LogP contribution >= 0.6 is 0 Å². The number of hydrogen-bond donors (Lipinski definition) is 8. The third-order valence-corrected chi connectivity index (χ3v) is 4.86. The Morgan fingerprint density at radius 1 is 1.50 bits per heavy atom.